The van der Waals surface area contributed by atoms with E-state index in [1.807, 2.05) is 36.6 Å². The van der Waals surface area contributed by atoms with Gasteiger partial charge in [-0.3, -0.25) is 19.0 Å². The standard InChI is InChI=1S/C24H21N3O3S/c1-14-7-9-17(10-8-14)20-12-31-23-21(20)24(30)27(13-25-23)15(2)22(29)26-19-6-4-5-18(11-19)16(3)28/h4-13,15H,1-3H3,(H,26,29). The number of anilines is 1. The average Bonchev–Trinajstić information content (AvgIpc) is 3.19. The molecule has 0 aliphatic carbocycles. The van der Waals surface area contributed by atoms with Crippen LogP contribution in [0.1, 0.15) is 35.8 Å². The highest BCUT2D eigenvalue weighted by Gasteiger charge is 2.20. The third-order valence-corrected chi connectivity index (χ3v) is 6.10. The van der Waals surface area contributed by atoms with Crippen LogP contribution in [0.2, 0.25) is 0 Å². The number of fused-ring (bicyclic) bond motifs is 1. The second-order valence-electron chi connectivity index (χ2n) is 7.45. The molecule has 0 spiro atoms. The highest BCUT2D eigenvalue weighted by molar-refractivity contribution is 7.17. The number of hydrogen-bond donors (Lipinski definition) is 1. The van der Waals surface area contributed by atoms with Crippen LogP contribution in [0, 0.1) is 6.92 Å². The maximum Gasteiger partial charge on any atom is 0.263 e. The summed E-state index contributed by atoms with van der Waals surface area (Å²) in [6.45, 7) is 5.13. The number of nitrogens with zero attached hydrogens (tertiary/aromatic N) is 2. The highest BCUT2D eigenvalue weighted by atomic mass is 32.1. The Morgan fingerprint density at radius 1 is 1.13 bits per heavy atom. The Kier molecular flexibility index (Phi) is 5.52. The largest absolute Gasteiger partial charge is 0.324 e. The van der Waals surface area contributed by atoms with E-state index in [1.54, 1.807) is 31.2 Å². The summed E-state index contributed by atoms with van der Waals surface area (Å²) >= 11 is 1.41. The molecule has 4 aromatic rings. The third kappa shape index (κ3) is 4.04. The van der Waals surface area contributed by atoms with E-state index in [-0.39, 0.29) is 17.2 Å². The molecule has 0 saturated heterocycles. The van der Waals surface area contributed by atoms with E-state index in [0.717, 1.165) is 16.7 Å². The van der Waals surface area contributed by atoms with Gasteiger partial charge in [0.15, 0.2) is 5.78 Å². The lowest BCUT2D eigenvalue weighted by atomic mass is 10.0. The Labute approximate surface area is 183 Å². The second kappa shape index (κ2) is 8.28. The van der Waals surface area contributed by atoms with Gasteiger partial charge in [-0.2, -0.15) is 0 Å². The summed E-state index contributed by atoms with van der Waals surface area (Å²) in [5.74, 6) is -0.452. The number of thiophene rings is 1. The number of amides is 1. The van der Waals surface area contributed by atoms with Crippen LogP contribution in [0.4, 0.5) is 5.69 Å². The molecule has 4 rings (SSSR count). The van der Waals surface area contributed by atoms with E-state index in [4.69, 9.17) is 0 Å². The lowest BCUT2D eigenvalue weighted by Gasteiger charge is -2.15. The zero-order chi connectivity index (χ0) is 22.1. The number of ketones is 1. The Balaban J connectivity index is 1.68. The van der Waals surface area contributed by atoms with Crippen LogP contribution < -0.4 is 10.9 Å². The molecule has 31 heavy (non-hydrogen) atoms. The van der Waals surface area contributed by atoms with Crippen molar-refractivity contribution in [3.63, 3.8) is 0 Å². The maximum atomic E-state index is 13.3. The summed E-state index contributed by atoms with van der Waals surface area (Å²) in [5.41, 5.74) is 3.63. The molecule has 7 heteroatoms. The van der Waals surface area contributed by atoms with E-state index in [9.17, 15) is 14.4 Å². The van der Waals surface area contributed by atoms with Gasteiger partial charge in [-0.1, -0.05) is 42.0 Å². The minimum absolute atomic E-state index is 0.0869. The zero-order valence-electron chi connectivity index (χ0n) is 17.4. The first-order chi connectivity index (χ1) is 14.8. The Hall–Kier alpha value is -3.58. The molecule has 0 aliphatic heterocycles. The van der Waals surface area contributed by atoms with Crippen molar-refractivity contribution in [1.82, 2.24) is 9.55 Å². The van der Waals surface area contributed by atoms with Crippen LogP contribution in [0.5, 0.6) is 0 Å². The van der Waals surface area contributed by atoms with Gasteiger partial charge in [0.25, 0.3) is 5.56 Å². The van der Waals surface area contributed by atoms with Gasteiger partial charge < -0.3 is 5.32 Å². The van der Waals surface area contributed by atoms with Crippen molar-refractivity contribution in [2.75, 3.05) is 5.32 Å². The molecule has 1 N–H and O–H groups in total. The molecule has 0 saturated carbocycles. The molecule has 2 aromatic heterocycles. The van der Waals surface area contributed by atoms with Crippen molar-refractivity contribution in [2.24, 2.45) is 0 Å². The number of nitrogens with one attached hydrogen (secondary N) is 1. The van der Waals surface area contributed by atoms with Crippen molar-refractivity contribution in [2.45, 2.75) is 26.8 Å². The van der Waals surface area contributed by atoms with E-state index in [1.165, 1.54) is 29.2 Å². The van der Waals surface area contributed by atoms with Gasteiger partial charge >= 0.3 is 0 Å². The number of carbonyl (C=O) groups is 2. The van der Waals surface area contributed by atoms with E-state index >= 15 is 0 Å². The summed E-state index contributed by atoms with van der Waals surface area (Å²) in [6.07, 6.45) is 1.41. The maximum absolute atomic E-state index is 13.3. The van der Waals surface area contributed by atoms with Gasteiger partial charge in [-0.15, -0.1) is 11.3 Å². The number of Topliss-reactive ketones (excluding diaryl/α,β-unsaturated/α-hetero) is 1. The van der Waals surface area contributed by atoms with Gasteiger partial charge in [-0.05, 0) is 38.5 Å². The van der Waals surface area contributed by atoms with Gasteiger partial charge in [0.2, 0.25) is 5.91 Å². The Bertz CT molecular complexity index is 1350. The number of hydrogen-bond acceptors (Lipinski definition) is 5. The predicted octanol–water partition coefficient (Wildman–Crippen LogP) is 4.84. The fraction of sp³-hybridized carbons (Fsp3) is 0.167. The number of aromatic nitrogens is 2. The van der Waals surface area contributed by atoms with Crippen molar-refractivity contribution in [1.29, 1.82) is 0 Å². The number of rotatable bonds is 5. The van der Waals surface area contributed by atoms with Crippen LogP contribution in [0.15, 0.2) is 65.0 Å². The second-order valence-corrected chi connectivity index (χ2v) is 8.31. The van der Waals surface area contributed by atoms with Gasteiger partial charge in [0.1, 0.15) is 10.9 Å². The molecule has 1 unspecified atom stereocenters. The molecular weight excluding hydrogens is 410 g/mol. The highest BCUT2D eigenvalue weighted by Crippen LogP contribution is 2.31. The normalized spacial score (nSPS) is 12.0. The molecule has 1 atom stereocenters. The van der Waals surface area contributed by atoms with Crippen LogP contribution in [-0.4, -0.2) is 21.2 Å². The van der Waals surface area contributed by atoms with Crippen molar-refractivity contribution < 1.29 is 9.59 Å². The Morgan fingerprint density at radius 2 is 1.87 bits per heavy atom. The molecule has 0 radical (unpaired) electrons. The first-order valence-electron chi connectivity index (χ1n) is 9.82. The van der Waals surface area contributed by atoms with Crippen molar-refractivity contribution in [3.8, 4) is 11.1 Å². The summed E-state index contributed by atoms with van der Waals surface area (Å²) in [4.78, 5) is 42.8. The molecule has 6 nitrogen and oxygen atoms in total. The van der Waals surface area contributed by atoms with Crippen LogP contribution >= 0.6 is 11.3 Å². The quantitative estimate of drug-likeness (QED) is 0.459. The minimum atomic E-state index is -0.781. The van der Waals surface area contributed by atoms with E-state index in [2.05, 4.69) is 10.3 Å². The summed E-state index contributed by atoms with van der Waals surface area (Å²) in [5, 5.41) is 5.21. The first kappa shape index (κ1) is 20.7. The zero-order valence-corrected chi connectivity index (χ0v) is 18.2. The molecule has 2 aromatic carbocycles. The van der Waals surface area contributed by atoms with Crippen molar-refractivity contribution >= 4 is 38.9 Å². The molecule has 2 heterocycles. The SMILES string of the molecule is CC(=O)c1cccc(NC(=O)C(C)n2cnc3scc(-c4ccc(C)cc4)c3c2=O)c1. The first-order valence-corrected chi connectivity index (χ1v) is 10.7. The number of carbonyl (C=O) groups excluding carboxylic acids is 2. The average molecular weight is 432 g/mol. The summed E-state index contributed by atoms with van der Waals surface area (Å²) in [7, 11) is 0. The lowest BCUT2D eigenvalue weighted by molar-refractivity contribution is -0.118. The minimum Gasteiger partial charge on any atom is -0.324 e. The molecule has 0 bridgehead atoms. The summed E-state index contributed by atoms with van der Waals surface area (Å²) < 4.78 is 1.34. The summed E-state index contributed by atoms with van der Waals surface area (Å²) in [6, 6.07) is 13.9. The monoisotopic (exact) mass is 431 g/mol. The van der Waals surface area contributed by atoms with Gasteiger partial charge in [0.05, 0.1) is 11.7 Å². The molecular formula is C24H21N3O3S. The molecule has 0 aliphatic rings. The third-order valence-electron chi connectivity index (χ3n) is 5.22. The fourth-order valence-corrected chi connectivity index (χ4v) is 4.26. The van der Waals surface area contributed by atoms with Gasteiger partial charge in [-0.25, -0.2) is 4.98 Å². The smallest absolute Gasteiger partial charge is 0.263 e. The Morgan fingerprint density at radius 3 is 2.58 bits per heavy atom. The van der Waals surface area contributed by atoms with Crippen LogP contribution in [-0.2, 0) is 4.79 Å². The lowest BCUT2D eigenvalue weighted by Crippen LogP contribution is -2.31. The van der Waals surface area contributed by atoms with E-state index in [0.29, 0.717) is 21.5 Å². The van der Waals surface area contributed by atoms with Crippen LogP contribution in [0.25, 0.3) is 21.3 Å². The predicted molar refractivity (Wildman–Crippen MR) is 124 cm³/mol. The number of benzene rings is 2. The topological polar surface area (TPSA) is 81.1 Å². The van der Waals surface area contributed by atoms with Crippen LogP contribution in [0.3, 0.4) is 0 Å². The molecule has 156 valence electrons. The number of aryl methyl sites for hydroxylation is 1. The molecule has 0 fully saturated rings. The molecule has 1 amide bonds. The van der Waals surface area contributed by atoms with Crippen molar-refractivity contribution in [3.05, 3.63) is 81.7 Å². The van der Waals surface area contributed by atoms with Gasteiger partial charge in [0, 0.05) is 22.2 Å². The van der Waals surface area contributed by atoms with E-state index < -0.39 is 6.04 Å². The fourth-order valence-electron chi connectivity index (χ4n) is 3.36.